The fourth-order valence-electron chi connectivity index (χ4n) is 10.8. The summed E-state index contributed by atoms with van der Waals surface area (Å²) < 4.78 is 0. The van der Waals surface area contributed by atoms with Crippen LogP contribution in [0.3, 0.4) is 0 Å². The molecule has 4 fully saturated rings. The maximum absolute atomic E-state index is 14.4. The van der Waals surface area contributed by atoms with Gasteiger partial charge in [0, 0.05) is 37.3 Å². The molecule has 4 amide bonds. The molecule has 68 heavy (non-hydrogen) atoms. The van der Waals surface area contributed by atoms with Crippen molar-refractivity contribution in [2.45, 2.75) is 114 Å². The van der Waals surface area contributed by atoms with Crippen molar-refractivity contribution >= 4 is 46.3 Å². The Morgan fingerprint density at radius 1 is 0.456 bits per heavy atom. The minimum absolute atomic E-state index is 0.0132. The molecule has 2 aliphatic heterocycles. The van der Waals surface area contributed by atoms with Gasteiger partial charge in [-0.2, -0.15) is 0 Å². The van der Waals surface area contributed by atoms with Crippen LogP contribution in [0.1, 0.15) is 135 Å². The first-order valence-corrected chi connectivity index (χ1v) is 26.5. The van der Waals surface area contributed by atoms with Crippen molar-refractivity contribution in [2.75, 3.05) is 13.1 Å². The number of hydrogen-bond acceptors (Lipinski definition) is 8. The SMILES string of the molecule is O=C(NC(C(=O)N1CCCC1c1ncc(-c2ccc(-c3ccc(-c4cnc(C5CCCN5C(=O)C(NC(=O)C5CCCCC5)c5ccccc5)s4)cc3)cc2)s1)c1ccccc1)C1CCCCC1. The number of thiazole rings is 2. The van der Waals surface area contributed by atoms with Gasteiger partial charge in [0.1, 0.15) is 22.1 Å². The fraction of sp³-hybridized carbons (Fsp3) is 0.393. The van der Waals surface area contributed by atoms with Crippen LogP contribution < -0.4 is 10.6 Å². The van der Waals surface area contributed by atoms with Gasteiger partial charge in [0.2, 0.25) is 23.6 Å². The van der Waals surface area contributed by atoms with E-state index in [0.29, 0.717) is 13.1 Å². The maximum Gasteiger partial charge on any atom is 0.250 e. The first-order valence-electron chi connectivity index (χ1n) is 24.8. The Kier molecular flexibility index (Phi) is 14.2. The van der Waals surface area contributed by atoms with Crippen molar-refractivity contribution < 1.29 is 19.2 Å². The van der Waals surface area contributed by atoms with Crippen LogP contribution >= 0.6 is 22.7 Å². The molecule has 2 aliphatic carbocycles. The Morgan fingerprint density at radius 3 is 1.21 bits per heavy atom. The quantitative estimate of drug-likeness (QED) is 0.119. The predicted molar refractivity (Wildman–Crippen MR) is 269 cm³/mol. The second-order valence-electron chi connectivity index (χ2n) is 19.0. The summed E-state index contributed by atoms with van der Waals surface area (Å²) in [5, 5.41) is 8.20. The molecule has 6 aromatic rings. The minimum atomic E-state index is -0.724. The number of carbonyl (C=O) groups is 4. The van der Waals surface area contributed by atoms with Crippen LogP contribution in [-0.2, 0) is 19.2 Å². The van der Waals surface area contributed by atoms with E-state index in [4.69, 9.17) is 9.97 Å². The lowest BCUT2D eigenvalue weighted by Gasteiger charge is -2.30. The van der Waals surface area contributed by atoms with E-state index in [-0.39, 0.29) is 47.5 Å². The predicted octanol–water partition coefficient (Wildman–Crippen LogP) is 11.8. The molecule has 4 unspecified atom stereocenters. The number of nitrogens with zero attached hydrogens (tertiary/aromatic N) is 4. The molecule has 2 saturated heterocycles. The lowest BCUT2D eigenvalue weighted by molar-refractivity contribution is -0.138. The summed E-state index contributed by atoms with van der Waals surface area (Å²) in [6, 6.07) is 34.7. The molecule has 10 nitrogen and oxygen atoms in total. The summed E-state index contributed by atoms with van der Waals surface area (Å²) in [4.78, 5) is 71.4. The molecule has 12 heteroatoms. The van der Waals surface area contributed by atoms with E-state index in [0.717, 1.165) is 130 Å². The van der Waals surface area contributed by atoms with E-state index in [1.807, 2.05) is 82.9 Å². The summed E-state index contributed by atoms with van der Waals surface area (Å²) >= 11 is 3.27. The van der Waals surface area contributed by atoms with E-state index in [9.17, 15) is 19.2 Å². The average Bonchev–Trinajstić information content (AvgIpc) is 4.26. The van der Waals surface area contributed by atoms with E-state index in [1.165, 1.54) is 12.8 Å². The van der Waals surface area contributed by atoms with E-state index in [1.54, 1.807) is 22.7 Å². The highest BCUT2D eigenvalue weighted by Crippen LogP contribution is 2.41. The van der Waals surface area contributed by atoms with Gasteiger partial charge in [0.15, 0.2) is 0 Å². The normalized spacial score (nSPS) is 19.9. The minimum Gasteiger partial charge on any atom is -0.340 e. The van der Waals surface area contributed by atoms with E-state index in [2.05, 4.69) is 59.2 Å². The molecule has 4 aromatic carbocycles. The van der Waals surface area contributed by atoms with Crippen LogP contribution in [0.25, 0.3) is 32.0 Å². The summed E-state index contributed by atoms with van der Waals surface area (Å²) in [6.07, 6.45) is 17.4. The highest BCUT2D eigenvalue weighted by Gasteiger charge is 2.39. The molecule has 10 rings (SSSR count). The third-order valence-corrected chi connectivity index (χ3v) is 16.9. The van der Waals surface area contributed by atoms with Crippen LogP contribution in [0.4, 0.5) is 0 Å². The van der Waals surface area contributed by atoms with Gasteiger partial charge in [-0.3, -0.25) is 19.2 Å². The van der Waals surface area contributed by atoms with Crippen molar-refractivity contribution in [3.05, 3.63) is 143 Å². The second-order valence-corrected chi connectivity index (χ2v) is 21.2. The molecule has 2 saturated carbocycles. The van der Waals surface area contributed by atoms with Gasteiger partial charge in [-0.1, -0.05) is 148 Å². The topological polar surface area (TPSA) is 125 Å². The number of aromatic nitrogens is 2. The van der Waals surface area contributed by atoms with Gasteiger partial charge in [-0.05, 0) is 84.7 Å². The van der Waals surface area contributed by atoms with Crippen LogP contribution in [0.5, 0.6) is 0 Å². The zero-order chi connectivity index (χ0) is 46.4. The second kappa shape index (κ2) is 21.1. The summed E-state index contributed by atoms with van der Waals surface area (Å²) in [5.74, 6) is -0.234. The molecule has 0 radical (unpaired) electrons. The molecule has 0 bridgehead atoms. The van der Waals surface area contributed by atoms with Crippen LogP contribution in [0.2, 0.25) is 0 Å². The first kappa shape index (κ1) is 45.8. The number of amides is 4. The van der Waals surface area contributed by atoms with Crippen LogP contribution in [0, 0.1) is 11.8 Å². The molecular formula is C56H60N6O4S2. The zero-order valence-corrected chi connectivity index (χ0v) is 40.2. The van der Waals surface area contributed by atoms with Crippen molar-refractivity contribution in [2.24, 2.45) is 11.8 Å². The van der Waals surface area contributed by atoms with Crippen molar-refractivity contribution in [3.8, 4) is 32.0 Å². The Bertz CT molecular complexity index is 2490. The molecule has 4 heterocycles. The van der Waals surface area contributed by atoms with E-state index < -0.39 is 12.1 Å². The van der Waals surface area contributed by atoms with Gasteiger partial charge in [0.25, 0.3) is 0 Å². The number of rotatable bonds is 13. The molecule has 0 spiro atoms. The van der Waals surface area contributed by atoms with Gasteiger partial charge >= 0.3 is 0 Å². The van der Waals surface area contributed by atoms with Gasteiger partial charge in [-0.25, -0.2) is 9.97 Å². The lowest BCUT2D eigenvalue weighted by Crippen LogP contribution is -2.44. The third-order valence-electron chi connectivity index (χ3n) is 14.6. The highest BCUT2D eigenvalue weighted by atomic mass is 32.1. The van der Waals surface area contributed by atoms with Crippen molar-refractivity contribution in [1.29, 1.82) is 0 Å². The molecule has 350 valence electrons. The van der Waals surface area contributed by atoms with Crippen LogP contribution in [-0.4, -0.2) is 56.5 Å². The molecule has 2 aromatic heterocycles. The summed E-state index contributed by atoms with van der Waals surface area (Å²) in [5.41, 5.74) is 5.98. The van der Waals surface area contributed by atoms with Gasteiger partial charge < -0.3 is 20.4 Å². The Morgan fingerprint density at radius 2 is 0.824 bits per heavy atom. The Balaban J connectivity index is 0.790. The summed E-state index contributed by atoms with van der Waals surface area (Å²) in [7, 11) is 0. The smallest absolute Gasteiger partial charge is 0.250 e. The number of nitrogens with one attached hydrogen (secondary N) is 2. The third kappa shape index (κ3) is 10.1. The fourth-order valence-corrected chi connectivity index (χ4v) is 13.0. The van der Waals surface area contributed by atoms with E-state index >= 15 is 0 Å². The Hall–Kier alpha value is -5.98. The number of benzene rings is 4. The standard InChI is InChI=1S/C56H60N6O4S2/c63-51(43-19-9-3-10-20-43)59-49(41-15-5-1-6-16-41)55(65)61-33-13-23-45(61)53-57-35-47(67-53)39-29-25-37(26-30-39)38-27-31-40(32-28-38)48-36-58-54(68-48)46-24-14-34-62(46)56(66)50(42-17-7-2-8-18-42)60-52(64)44-21-11-4-12-22-44/h1-2,5-8,15-18,25-32,35-36,43-46,49-50H,3-4,9-14,19-24,33-34H2,(H,59,63)(H,60,64). The lowest BCUT2D eigenvalue weighted by atomic mass is 9.88. The molecule has 4 atom stereocenters. The monoisotopic (exact) mass is 944 g/mol. The van der Waals surface area contributed by atoms with Crippen LogP contribution in [0.15, 0.2) is 122 Å². The van der Waals surface area contributed by atoms with Gasteiger partial charge in [-0.15, -0.1) is 22.7 Å². The number of carbonyl (C=O) groups excluding carboxylic acids is 4. The van der Waals surface area contributed by atoms with Gasteiger partial charge in [0.05, 0.1) is 21.8 Å². The highest BCUT2D eigenvalue weighted by molar-refractivity contribution is 7.15. The Labute approximate surface area is 407 Å². The first-order chi connectivity index (χ1) is 33.4. The maximum atomic E-state index is 14.4. The average molecular weight is 945 g/mol. The molecule has 4 aliphatic rings. The number of hydrogen-bond donors (Lipinski definition) is 2. The van der Waals surface area contributed by atoms with Crippen molar-refractivity contribution in [3.63, 3.8) is 0 Å². The van der Waals surface area contributed by atoms with Crippen molar-refractivity contribution in [1.82, 2.24) is 30.4 Å². The molecule has 2 N–H and O–H groups in total. The summed E-state index contributed by atoms with van der Waals surface area (Å²) in [6.45, 7) is 1.27. The largest absolute Gasteiger partial charge is 0.340 e. The number of likely N-dealkylation sites (tertiary alicyclic amines) is 2. The zero-order valence-electron chi connectivity index (χ0n) is 38.6. The molecular weight excluding hydrogens is 885 g/mol.